The smallest absolute Gasteiger partial charge is 0.475 e. The fourth-order valence-electron chi connectivity index (χ4n) is 2.90. The van der Waals surface area contributed by atoms with Gasteiger partial charge in [0, 0.05) is 29.9 Å². The van der Waals surface area contributed by atoms with Gasteiger partial charge in [-0.2, -0.15) is 26.3 Å². The Morgan fingerprint density at radius 3 is 2.47 bits per heavy atom. The number of alkyl halides is 6. The number of aromatic nitrogens is 2. The quantitative estimate of drug-likeness (QED) is 0.310. The fraction of sp³-hybridized carbons (Fsp3) is 0.143. The van der Waals surface area contributed by atoms with E-state index in [9.17, 15) is 35.5 Å². The van der Waals surface area contributed by atoms with Crippen LogP contribution in [0.4, 0.5) is 30.7 Å². The standard InChI is InChI=1S/C19H13F4N5O.C2HF3O2/c20-13-5-10(4-12(7-13)19(21,22)23)8-26-18-27-15(17(29)28-18)6-11-9-25-16-14(11)2-1-3-24-16;3-2(4,5)1(6)7/h1-7,9H,8H2,(H,24,25)(H2,26,27,28,29);(H,6,7). The number of carbonyl (C=O) groups is 2. The second kappa shape index (κ2) is 10.1. The number of amides is 1. The van der Waals surface area contributed by atoms with Crippen LogP contribution in [0.15, 0.2) is 53.4 Å². The summed E-state index contributed by atoms with van der Waals surface area (Å²) in [6.45, 7) is -0.149. The number of nitrogens with one attached hydrogen (secondary N) is 3. The van der Waals surface area contributed by atoms with Gasteiger partial charge in [-0.25, -0.2) is 19.2 Å². The highest BCUT2D eigenvalue weighted by Gasteiger charge is 2.38. The third-order valence-corrected chi connectivity index (χ3v) is 4.46. The molecule has 0 unspecified atom stereocenters. The zero-order valence-electron chi connectivity index (χ0n) is 17.6. The number of carboxylic acids is 1. The average molecular weight is 517 g/mol. The van der Waals surface area contributed by atoms with Gasteiger partial charge in [-0.15, -0.1) is 0 Å². The highest BCUT2D eigenvalue weighted by atomic mass is 19.4. The minimum absolute atomic E-state index is 0.0643. The van der Waals surface area contributed by atoms with E-state index in [1.54, 1.807) is 24.5 Å². The van der Waals surface area contributed by atoms with Crippen LogP contribution in [-0.2, 0) is 22.3 Å². The molecule has 0 saturated carbocycles. The predicted octanol–water partition coefficient (Wildman–Crippen LogP) is 3.97. The van der Waals surface area contributed by atoms with Gasteiger partial charge in [0.05, 0.1) is 5.56 Å². The minimum Gasteiger partial charge on any atom is -0.475 e. The van der Waals surface area contributed by atoms with E-state index >= 15 is 0 Å². The van der Waals surface area contributed by atoms with Gasteiger partial charge in [0.1, 0.15) is 17.2 Å². The van der Waals surface area contributed by atoms with Crippen molar-refractivity contribution in [2.24, 2.45) is 4.99 Å². The summed E-state index contributed by atoms with van der Waals surface area (Å²) >= 11 is 0. The van der Waals surface area contributed by atoms with Crippen LogP contribution in [0.2, 0.25) is 0 Å². The van der Waals surface area contributed by atoms with E-state index in [0.29, 0.717) is 17.3 Å². The van der Waals surface area contributed by atoms with Gasteiger partial charge in [-0.3, -0.25) is 10.1 Å². The van der Waals surface area contributed by atoms with E-state index in [-0.39, 0.29) is 23.8 Å². The summed E-state index contributed by atoms with van der Waals surface area (Å²) in [5.74, 6) is -4.16. The molecule has 3 heterocycles. The number of nitrogens with zero attached hydrogens (tertiary/aromatic N) is 2. The van der Waals surface area contributed by atoms with E-state index in [1.165, 1.54) is 0 Å². The molecule has 8 nitrogen and oxygen atoms in total. The number of aliphatic imine (C=N–C) groups is 1. The van der Waals surface area contributed by atoms with E-state index in [4.69, 9.17) is 9.90 Å². The second-order valence-corrected chi connectivity index (χ2v) is 7.09. The summed E-state index contributed by atoms with van der Waals surface area (Å²) in [4.78, 5) is 32.3. The van der Waals surface area contributed by atoms with Gasteiger partial charge in [0.15, 0.2) is 0 Å². The van der Waals surface area contributed by atoms with Gasteiger partial charge < -0.3 is 15.4 Å². The molecule has 0 fully saturated rings. The topological polar surface area (TPSA) is 119 Å². The van der Waals surface area contributed by atoms with Crippen LogP contribution in [0, 0.1) is 5.82 Å². The van der Waals surface area contributed by atoms with Crippen molar-refractivity contribution in [2.45, 2.75) is 18.9 Å². The van der Waals surface area contributed by atoms with Gasteiger partial charge >= 0.3 is 18.3 Å². The van der Waals surface area contributed by atoms with Crippen LogP contribution in [0.1, 0.15) is 16.7 Å². The minimum atomic E-state index is -5.08. The summed E-state index contributed by atoms with van der Waals surface area (Å²) in [6.07, 6.45) is -4.85. The number of carbonyl (C=O) groups excluding carboxylic acids is 1. The van der Waals surface area contributed by atoms with Crippen LogP contribution < -0.4 is 10.6 Å². The number of fused-ring (bicyclic) bond motifs is 1. The summed E-state index contributed by atoms with van der Waals surface area (Å²) < 4.78 is 83.6. The highest BCUT2D eigenvalue weighted by Crippen LogP contribution is 2.30. The first kappa shape index (κ1) is 26.2. The Morgan fingerprint density at radius 1 is 1.14 bits per heavy atom. The van der Waals surface area contributed by atoms with Crippen molar-refractivity contribution in [3.05, 3.63) is 70.9 Å². The number of H-pyrrole nitrogens is 1. The molecule has 0 saturated heterocycles. The summed E-state index contributed by atoms with van der Waals surface area (Å²) in [7, 11) is 0. The Balaban J connectivity index is 0.000000454. The molecule has 4 rings (SSSR count). The lowest BCUT2D eigenvalue weighted by molar-refractivity contribution is -0.192. The van der Waals surface area contributed by atoms with E-state index in [1.807, 2.05) is 6.07 Å². The van der Waals surface area contributed by atoms with Crippen molar-refractivity contribution in [3.8, 4) is 0 Å². The number of benzene rings is 1. The van der Waals surface area contributed by atoms with Crippen molar-refractivity contribution >= 4 is 34.9 Å². The molecule has 0 spiro atoms. The van der Waals surface area contributed by atoms with E-state index in [2.05, 4.69) is 25.6 Å². The van der Waals surface area contributed by atoms with Gasteiger partial charge in [-0.05, 0) is 42.0 Å². The van der Waals surface area contributed by atoms with Crippen molar-refractivity contribution in [1.82, 2.24) is 20.6 Å². The number of aliphatic carboxylic acids is 1. The van der Waals surface area contributed by atoms with Crippen LogP contribution >= 0.6 is 0 Å². The lowest BCUT2D eigenvalue weighted by atomic mass is 10.1. The molecular formula is C21H14F7N5O3. The summed E-state index contributed by atoms with van der Waals surface area (Å²) in [5, 5.41) is 13.1. The molecule has 0 bridgehead atoms. The maximum absolute atomic E-state index is 13.5. The first-order valence-corrected chi connectivity index (χ1v) is 9.68. The Morgan fingerprint density at radius 2 is 1.83 bits per heavy atom. The Hall–Kier alpha value is -4.43. The number of hydrogen-bond acceptors (Lipinski definition) is 5. The van der Waals surface area contributed by atoms with Crippen LogP contribution in [0.25, 0.3) is 17.1 Å². The first-order chi connectivity index (χ1) is 16.7. The Bertz CT molecular complexity index is 1360. The maximum Gasteiger partial charge on any atom is 0.490 e. The molecule has 0 atom stereocenters. The highest BCUT2D eigenvalue weighted by molar-refractivity contribution is 6.14. The molecule has 4 N–H and O–H groups in total. The Kier molecular flexibility index (Phi) is 7.31. The Labute approximate surface area is 196 Å². The molecule has 1 aliphatic heterocycles. The molecule has 0 radical (unpaired) electrons. The zero-order valence-corrected chi connectivity index (χ0v) is 17.6. The third-order valence-electron chi connectivity index (χ3n) is 4.46. The lowest BCUT2D eigenvalue weighted by Crippen LogP contribution is -2.35. The molecule has 190 valence electrons. The first-order valence-electron chi connectivity index (χ1n) is 9.68. The SMILES string of the molecule is O=C(O)C(F)(F)F.O=C1NC(NCc2cc(F)cc(C(F)(F)F)c2)=NC1=Cc1c[nH]c2ncccc12. The number of rotatable bonds is 3. The van der Waals surface area contributed by atoms with Crippen LogP contribution in [0.3, 0.4) is 0 Å². The molecule has 1 amide bonds. The lowest BCUT2D eigenvalue weighted by Gasteiger charge is -2.10. The average Bonchev–Trinajstić information content (AvgIpc) is 3.34. The third kappa shape index (κ3) is 6.58. The molecular weight excluding hydrogens is 503 g/mol. The van der Waals surface area contributed by atoms with Crippen LogP contribution in [-0.4, -0.2) is 39.1 Å². The summed E-state index contributed by atoms with van der Waals surface area (Å²) in [5.41, 5.74) is 0.469. The van der Waals surface area contributed by atoms with Gasteiger partial charge in [0.2, 0.25) is 5.96 Å². The molecule has 0 aliphatic carbocycles. The van der Waals surface area contributed by atoms with Crippen molar-refractivity contribution in [3.63, 3.8) is 0 Å². The number of aromatic amines is 1. The number of halogens is 7. The summed E-state index contributed by atoms with van der Waals surface area (Å²) in [6, 6.07) is 5.84. The number of hydrogen-bond donors (Lipinski definition) is 4. The molecule has 15 heteroatoms. The van der Waals surface area contributed by atoms with Crippen molar-refractivity contribution in [2.75, 3.05) is 0 Å². The molecule has 1 aromatic carbocycles. The molecule has 36 heavy (non-hydrogen) atoms. The number of pyridine rings is 1. The number of carboxylic acid groups (broad SMARTS) is 1. The van der Waals surface area contributed by atoms with Crippen molar-refractivity contribution < 1.29 is 45.4 Å². The second-order valence-electron chi connectivity index (χ2n) is 7.09. The van der Waals surface area contributed by atoms with Gasteiger partial charge in [0.25, 0.3) is 5.91 Å². The van der Waals surface area contributed by atoms with E-state index in [0.717, 1.165) is 17.5 Å². The number of guanidine groups is 1. The van der Waals surface area contributed by atoms with Crippen molar-refractivity contribution in [1.29, 1.82) is 0 Å². The fourth-order valence-corrected chi connectivity index (χ4v) is 2.90. The molecule has 3 aromatic rings. The normalized spacial score (nSPS) is 14.8. The largest absolute Gasteiger partial charge is 0.490 e. The van der Waals surface area contributed by atoms with Gasteiger partial charge in [-0.1, -0.05) is 0 Å². The monoisotopic (exact) mass is 517 g/mol. The maximum atomic E-state index is 13.5. The zero-order chi connectivity index (χ0) is 26.7. The molecule has 2 aromatic heterocycles. The van der Waals surface area contributed by atoms with Crippen LogP contribution in [0.5, 0.6) is 0 Å². The predicted molar refractivity (Wildman–Crippen MR) is 112 cm³/mol. The molecule has 1 aliphatic rings. The van der Waals surface area contributed by atoms with E-state index < -0.39 is 35.6 Å².